The SMILES string of the molecule is Cc1ccc2c(c1)C(=O)/C(=C/c1ccc(Cl)c(Cl)c1)O2. The molecule has 0 bridgehead atoms. The highest BCUT2D eigenvalue weighted by atomic mass is 35.5. The van der Waals surface area contributed by atoms with E-state index >= 15 is 0 Å². The summed E-state index contributed by atoms with van der Waals surface area (Å²) in [5, 5.41) is 0.922. The number of aryl methyl sites for hydroxylation is 1. The summed E-state index contributed by atoms with van der Waals surface area (Å²) in [6.45, 7) is 1.94. The molecule has 2 aromatic carbocycles. The Labute approximate surface area is 126 Å². The standard InChI is InChI=1S/C16H10Cl2O2/c1-9-2-5-14-11(6-9)16(19)15(20-14)8-10-3-4-12(17)13(18)7-10/h2-8H,1H3/b15-8-. The van der Waals surface area contributed by atoms with Gasteiger partial charge in [0.1, 0.15) is 5.75 Å². The fourth-order valence-corrected chi connectivity index (χ4v) is 2.36. The summed E-state index contributed by atoms with van der Waals surface area (Å²) < 4.78 is 5.58. The van der Waals surface area contributed by atoms with Crippen molar-refractivity contribution >= 4 is 35.1 Å². The molecule has 1 aliphatic rings. The van der Waals surface area contributed by atoms with Gasteiger partial charge in [-0.3, -0.25) is 4.79 Å². The molecule has 2 aromatic rings. The maximum atomic E-state index is 12.3. The Balaban J connectivity index is 1.99. The van der Waals surface area contributed by atoms with E-state index in [1.807, 2.05) is 19.1 Å². The monoisotopic (exact) mass is 304 g/mol. The first-order chi connectivity index (χ1) is 9.54. The van der Waals surface area contributed by atoms with Crippen LogP contribution in [0.1, 0.15) is 21.5 Å². The van der Waals surface area contributed by atoms with Crippen LogP contribution < -0.4 is 4.74 Å². The van der Waals surface area contributed by atoms with Crippen molar-refractivity contribution in [2.75, 3.05) is 0 Å². The summed E-state index contributed by atoms with van der Waals surface area (Å²) in [5.74, 6) is 0.769. The highest BCUT2D eigenvalue weighted by Gasteiger charge is 2.27. The van der Waals surface area contributed by atoms with E-state index in [4.69, 9.17) is 27.9 Å². The number of hydrogen-bond donors (Lipinski definition) is 0. The Morgan fingerprint density at radius 1 is 1.05 bits per heavy atom. The molecule has 0 spiro atoms. The van der Waals surface area contributed by atoms with Gasteiger partial charge in [-0.25, -0.2) is 0 Å². The Bertz CT molecular complexity index is 748. The molecule has 0 unspecified atom stereocenters. The largest absolute Gasteiger partial charge is 0.452 e. The number of carbonyl (C=O) groups excluding carboxylic acids is 1. The van der Waals surface area contributed by atoms with E-state index in [0.717, 1.165) is 11.1 Å². The summed E-state index contributed by atoms with van der Waals surface area (Å²) in [5.41, 5.74) is 2.39. The summed E-state index contributed by atoms with van der Waals surface area (Å²) in [6, 6.07) is 10.7. The number of halogens is 2. The van der Waals surface area contributed by atoms with Crippen LogP contribution in [0.5, 0.6) is 5.75 Å². The summed E-state index contributed by atoms with van der Waals surface area (Å²) in [7, 11) is 0. The molecule has 0 aromatic heterocycles. The van der Waals surface area contributed by atoms with Crippen molar-refractivity contribution in [1.29, 1.82) is 0 Å². The van der Waals surface area contributed by atoms with Crippen molar-refractivity contribution < 1.29 is 9.53 Å². The number of allylic oxidation sites excluding steroid dienone is 1. The van der Waals surface area contributed by atoms with E-state index in [0.29, 0.717) is 27.1 Å². The minimum absolute atomic E-state index is 0.116. The average Bonchev–Trinajstić information content (AvgIpc) is 2.71. The van der Waals surface area contributed by atoms with Gasteiger partial charge < -0.3 is 4.74 Å². The van der Waals surface area contributed by atoms with Crippen LogP contribution in [-0.2, 0) is 0 Å². The molecule has 0 amide bonds. The van der Waals surface area contributed by atoms with Gasteiger partial charge in [-0.1, -0.05) is 40.9 Å². The maximum Gasteiger partial charge on any atom is 0.231 e. The third-order valence-electron chi connectivity index (χ3n) is 3.06. The van der Waals surface area contributed by atoms with Crippen LogP contribution in [0.2, 0.25) is 10.0 Å². The minimum atomic E-state index is -0.116. The maximum absolute atomic E-state index is 12.3. The van der Waals surface area contributed by atoms with Crippen molar-refractivity contribution in [3.63, 3.8) is 0 Å². The van der Waals surface area contributed by atoms with Crippen LogP contribution in [0.25, 0.3) is 6.08 Å². The van der Waals surface area contributed by atoms with Gasteiger partial charge in [-0.15, -0.1) is 0 Å². The van der Waals surface area contributed by atoms with E-state index in [1.165, 1.54) is 0 Å². The Kier molecular flexibility index (Phi) is 3.28. The van der Waals surface area contributed by atoms with Crippen LogP contribution >= 0.6 is 23.2 Å². The van der Waals surface area contributed by atoms with Gasteiger partial charge >= 0.3 is 0 Å². The number of fused-ring (bicyclic) bond motifs is 1. The Morgan fingerprint density at radius 2 is 1.85 bits per heavy atom. The molecule has 20 heavy (non-hydrogen) atoms. The number of benzene rings is 2. The van der Waals surface area contributed by atoms with Crippen LogP contribution in [0.4, 0.5) is 0 Å². The quantitative estimate of drug-likeness (QED) is 0.699. The van der Waals surface area contributed by atoms with Gasteiger partial charge in [0, 0.05) is 0 Å². The highest BCUT2D eigenvalue weighted by molar-refractivity contribution is 6.42. The molecule has 0 atom stereocenters. The summed E-state index contributed by atoms with van der Waals surface area (Å²) in [6.07, 6.45) is 1.67. The molecule has 0 radical (unpaired) electrons. The van der Waals surface area contributed by atoms with Gasteiger partial charge in [-0.2, -0.15) is 0 Å². The molecule has 100 valence electrons. The molecule has 0 saturated heterocycles. The first-order valence-corrected chi connectivity index (χ1v) is 6.80. The molecule has 4 heteroatoms. The van der Waals surface area contributed by atoms with Gasteiger partial charge in [0.05, 0.1) is 15.6 Å². The van der Waals surface area contributed by atoms with Crippen molar-refractivity contribution in [2.45, 2.75) is 6.92 Å². The first-order valence-electron chi connectivity index (χ1n) is 6.04. The van der Waals surface area contributed by atoms with Crippen LogP contribution in [0.15, 0.2) is 42.2 Å². The molecule has 1 aliphatic heterocycles. The van der Waals surface area contributed by atoms with Crippen molar-refractivity contribution in [2.24, 2.45) is 0 Å². The number of ether oxygens (including phenoxy) is 1. The zero-order chi connectivity index (χ0) is 14.3. The third kappa shape index (κ3) is 2.33. The lowest BCUT2D eigenvalue weighted by Gasteiger charge is -2.00. The van der Waals surface area contributed by atoms with E-state index < -0.39 is 0 Å². The van der Waals surface area contributed by atoms with E-state index in [9.17, 15) is 4.79 Å². The number of carbonyl (C=O) groups is 1. The molecular weight excluding hydrogens is 295 g/mol. The van der Waals surface area contributed by atoms with Crippen LogP contribution in [-0.4, -0.2) is 5.78 Å². The second-order valence-electron chi connectivity index (χ2n) is 4.61. The number of rotatable bonds is 1. The van der Waals surface area contributed by atoms with Crippen LogP contribution in [0, 0.1) is 6.92 Å². The summed E-state index contributed by atoms with van der Waals surface area (Å²) >= 11 is 11.8. The molecular formula is C16H10Cl2O2. The molecule has 2 nitrogen and oxygen atoms in total. The molecule has 0 fully saturated rings. The van der Waals surface area contributed by atoms with Crippen molar-refractivity contribution in [3.05, 3.63) is 68.9 Å². The lowest BCUT2D eigenvalue weighted by molar-refractivity contribution is 0.101. The highest BCUT2D eigenvalue weighted by Crippen LogP contribution is 2.33. The molecule has 1 heterocycles. The third-order valence-corrected chi connectivity index (χ3v) is 3.80. The molecule has 3 rings (SSSR count). The topological polar surface area (TPSA) is 26.3 Å². The second-order valence-corrected chi connectivity index (χ2v) is 5.43. The fraction of sp³-hybridized carbons (Fsp3) is 0.0625. The normalized spacial score (nSPS) is 15.3. The second kappa shape index (κ2) is 4.97. The van der Waals surface area contributed by atoms with Gasteiger partial charge in [-0.05, 0) is 42.8 Å². The lowest BCUT2D eigenvalue weighted by atomic mass is 10.1. The fourth-order valence-electron chi connectivity index (χ4n) is 2.06. The van der Waals surface area contributed by atoms with Crippen molar-refractivity contribution in [3.8, 4) is 5.75 Å². The van der Waals surface area contributed by atoms with Crippen molar-refractivity contribution in [1.82, 2.24) is 0 Å². The lowest BCUT2D eigenvalue weighted by Crippen LogP contribution is -1.98. The predicted molar refractivity (Wildman–Crippen MR) is 80.6 cm³/mol. The number of hydrogen-bond acceptors (Lipinski definition) is 2. The summed E-state index contributed by atoms with van der Waals surface area (Å²) in [4.78, 5) is 12.3. The Hall–Kier alpha value is -1.77. The van der Waals surface area contributed by atoms with E-state index in [2.05, 4.69) is 0 Å². The number of Topliss-reactive ketones (excluding diaryl/α,β-unsaturated/α-hetero) is 1. The zero-order valence-corrected chi connectivity index (χ0v) is 12.1. The first kappa shape index (κ1) is 13.2. The van der Waals surface area contributed by atoms with Gasteiger partial charge in [0.25, 0.3) is 0 Å². The minimum Gasteiger partial charge on any atom is -0.452 e. The molecule has 0 aliphatic carbocycles. The van der Waals surface area contributed by atoms with Gasteiger partial charge in [0.2, 0.25) is 5.78 Å². The molecule has 0 saturated carbocycles. The number of ketones is 1. The predicted octanol–water partition coefficient (Wildman–Crippen LogP) is 4.92. The smallest absolute Gasteiger partial charge is 0.231 e. The Morgan fingerprint density at radius 3 is 2.60 bits per heavy atom. The van der Waals surface area contributed by atoms with E-state index in [-0.39, 0.29) is 5.78 Å². The van der Waals surface area contributed by atoms with Gasteiger partial charge in [0.15, 0.2) is 5.76 Å². The average molecular weight is 305 g/mol. The molecule has 0 N–H and O–H groups in total. The van der Waals surface area contributed by atoms with E-state index in [1.54, 1.807) is 30.3 Å². The van der Waals surface area contributed by atoms with Crippen LogP contribution in [0.3, 0.4) is 0 Å². The zero-order valence-electron chi connectivity index (χ0n) is 10.6.